The van der Waals surface area contributed by atoms with E-state index in [1.54, 1.807) is 12.1 Å². The van der Waals surface area contributed by atoms with Gasteiger partial charge in [0.15, 0.2) is 0 Å². The Morgan fingerprint density at radius 1 is 1.19 bits per heavy atom. The second-order valence-electron chi connectivity index (χ2n) is 6.77. The Balaban J connectivity index is 1.73. The molecule has 1 aromatic heterocycles. The molecule has 3 heterocycles. The van der Waals surface area contributed by atoms with Crippen LogP contribution in [-0.2, 0) is 23.1 Å². The molecule has 0 bridgehead atoms. The van der Waals surface area contributed by atoms with Gasteiger partial charge in [-0.15, -0.1) is 0 Å². The highest BCUT2D eigenvalue weighted by atomic mass is 35.5. The maximum atomic E-state index is 12.0. The van der Waals surface area contributed by atoms with Gasteiger partial charge in [-0.1, -0.05) is 23.7 Å². The Bertz CT molecular complexity index is 920. The van der Waals surface area contributed by atoms with Gasteiger partial charge in [-0.3, -0.25) is 4.90 Å². The number of benzene rings is 1. The lowest BCUT2D eigenvalue weighted by Crippen LogP contribution is -2.44. The van der Waals surface area contributed by atoms with Crippen molar-refractivity contribution in [3.05, 3.63) is 40.5 Å². The lowest BCUT2D eigenvalue weighted by atomic mass is 10.1. The summed E-state index contributed by atoms with van der Waals surface area (Å²) in [5.74, 6) is 0.248. The van der Waals surface area contributed by atoms with Gasteiger partial charge in [0.1, 0.15) is 0 Å². The Morgan fingerprint density at radius 3 is 2.65 bits per heavy atom. The number of likely N-dealkylation sites (N-methyl/N-ethyl adjacent to an activating group) is 1. The molecule has 0 amide bonds. The Kier molecular flexibility index (Phi) is 4.68. The van der Waals surface area contributed by atoms with Crippen molar-refractivity contribution >= 4 is 21.7 Å². The fourth-order valence-electron chi connectivity index (χ4n) is 3.34. The zero-order valence-corrected chi connectivity index (χ0v) is 16.1. The van der Waals surface area contributed by atoms with E-state index in [1.807, 2.05) is 12.1 Å². The Labute approximate surface area is 158 Å². The predicted octanol–water partition coefficient (Wildman–Crippen LogP) is 1.54. The number of hydrogen-bond donors (Lipinski definition) is 0. The van der Waals surface area contributed by atoms with Crippen molar-refractivity contribution in [3.8, 4) is 11.6 Å². The summed E-state index contributed by atoms with van der Waals surface area (Å²) in [5, 5.41) is 5.18. The molecule has 0 atom stereocenters. The van der Waals surface area contributed by atoms with Crippen LogP contribution in [0.1, 0.15) is 11.3 Å². The van der Waals surface area contributed by atoms with E-state index in [0.29, 0.717) is 23.7 Å². The average molecular weight is 397 g/mol. The first-order chi connectivity index (χ1) is 12.4. The van der Waals surface area contributed by atoms with Gasteiger partial charge >= 0.3 is 10.1 Å². The molecule has 2 aliphatic heterocycles. The van der Waals surface area contributed by atoms with E-state index in [2.05, 4.69) is 21.9 Å². The van der Waals surface area contributed by atoms with Gasteiger partial charge in [-0.05, 0) is 25.6 Å². The van der Waals surface area contributed by atoms with Crippen LogP contribution in [0.2, 0.25) is 5.02 Å². The third-order valence-corrected chi connectivity index (χ3v) is 6.31. The van der Waals surface area contributed by atoms with Gasteiger partial charge in [0.25, 0.3) is 0 Å². The second-order valence-corrected chi connectivity index (χ2v) is 8.87. The van der Waals surface area contributed by atoms with Crippen LogP contribution in [0.25, 0.3) is 5.69 Å². The van der Waals surface area contributed by atoms with Gasteiger partial charge in [0.2, 0.25) is 5.88 Å². The summed E-state index contributed by atoms with van der Waals surface area (Å²) >= 11 is 6.31. The smallest absolute Gasteiger partial charge is 0.311 e. The molecule has 9 heteroatoms. The SMILES string of the molecule is CN1CCN(Cc2nn(-c3ccccc3Cl)c3c2CCS(=O)(=O)O3)CC1. The molecule has 0 saturated carbocycles. The molecule has 7 nitrogen and oxygen atoms in total. The van der Waals surface area contributed by atoms with Crippen LogP contribution in [0.4, 0.5) is 0 Å². The molecular formula is C17H21ClN4O3S. The molecule has 2 aromatic rings. The van der Waals surface area contributed by atoms with Crippen LogP contribution in [0.5, 0.6) is 5.88 Å². The fourth-order valence-corrected chi connectivity index (χ4v) is 4.50. The molecule has 0 aliphatic carbocycles. The minimum atomic E-state index is -3.59. The second kappa shape index (κ2) is 6.84. The zero-order valence-electron chi connectivity index (χ0n) is 14.6. The first kappa shape index (κ1) is 17.8. The molecule has 0 unspecified atom stereocenters. The van der Waals surface area contributed by atoms with Crippen LogP contribution < -0.4 is 4.18 Å². The van der Waals surface area contributed by atoms with Crippen molar-refractivity contribution in [2.45, 2.75) is 13.0 Å². The van der Waals surface area contributed by atoms with Gasteiger partial charge in [0.05, 0.1) is 22.2 Å². The summed E-state index contributed by atoms with van der Waals surface area (Å²) < 4.78 is 30.9. The Hall–Kier alpha value is -1.61. The molecule has 26 heavy (non-hydrogen) atoms. The summed E-state index contributed by atoms with van der Waals surface area (Å²) in [6.07, 6.45) is 0.408. The number of para-hydroxylation sites is 1. The minimum absolute atomic E-state index is 0.0239. The lowest BCUT2D eigenvalue weighted by molar-refractivity contribution is 0.146. The molecule has 1 fully saturated rings. The van der Waals surface area contributed by atoms with Gasteiger partial charge in [-0.25, -0.2) is 0 Å². The summed E-state index contributed by atoms with van der Waals surface area (Å²) in [6, 6.07) is 7.22. The number of nitrogens with zero attached hydrogens (tertiary/aromatic N) is 4. The molecule has 0 radical (unpaired) electrons. The summed E-state index contributed by atoms with van der Waals surface area (Å²) in [7, 11) is -1.48. The molecule has 4 rings (SSSR count). The van der Waals surface area contributed by atoms with E-state index in [-0.39, 0.29) is 11.6 Å². The molecular weight excluding hydrogens is 376 g/mol. The molecule has 1 aromatic carbocycles. The summed E-state index contributed by atoms with van der Waals surface area (Å²) in [4.78, 5) is 4.63. The highest BCUT2D eigenvalue weighted by Gasteiger charge is 2.32. The van der Waals surface area contributed by atoms with Gasteiger partial charge in [-0.2, -0.15) is 18.2 Å². The van der Waals surface area contributed by atoms with Crippen LogP contribution in [0.3, 0.4) is 0 Å². The van der Waals surface area contributed by atoms with Crippen molar-refractivity contribution in [1.29, 1.82) is 0 Å². The Morgan fingerprint density at radius 2 is 1.92 bits per heavy atom. The first-order valence-electron chi connectivity index (χ1n) is 8.62. The van der Waals surface area contributed by atoms with Crippen molar-refractivity contribution < 1.29 is 12.6 Å². The molecule has 140 valence electrons. The topological polar surface area (TPSA) is 67.7 Å². The number of aromatic nitrogens is 2. The average Bonchev–Trinajstić information content (AvgIpc) is 2.93. The molecule has 0 N–H and O–H groups in total. The highest BCUT2D eigenvalue weighted by molar-refractivity contribution is 7.87. The maximum absolute atomic E-state index is 12.0. The van der Waals surface area contributed by atoms with Gasteiger partial charge < -0.3 is 9.08 Å². The summed E-state index contributed by atoms with van der Waals surface area (Å²) in [5.41, 5.74) is 2.34. The van der Waals surface area contributed by atoms with Crippen LogP contribution >= 0.6 is 11.6 Å². The molecule has 0 spiro atoms. The zero-order chi connectivity index (χ0) is 18.3. The minimum Gasteiger partial charge on any atom is -0.361 e. The third-order valence-electron chi connectivity index (χ3n) is 4.88. The predicted molar refractivity (Wildman–Crippen MR) is 99.5 cm³/mol. The van der Waals surface area contributed by atoms with Gasteiger partial charge in [0, 0.05) is 38.3 Å². The van der Waals surface area contributed by atoms with E-state index in [4.69, 9.17) is 15.8 Å². The van der Waals surface area contributed by atoms with E-state index in [1.165, 1.54) is 4.68 Å². The number of fused-ring (bicyclic) bond motifs is 1. The lowest BCUT2D eigenvalue weighted by Gasteiger charge is -2.32. The van der Waals surface area contributed by atoms with Crippen LogP contribution in [0, 0.1) is 0 Å². The van der Waals surface area contributed by atoms with E-state index in [9.17, 15) is 8.42 Å². The first-order valence-corrected chi connectivity index (χ1v) is 10.6. The van der Waals surface area contributed by atoms with E-state index in [0.717, 1.165) is 37.4 Å². The fraction of sp³-hybridized carbons (Fsp3) is 0.471. The number of halogens is 1. The van der Waals surface area contributed by atoms with Crippen molar-refractivity contribution in [1.82, 2.24) is 19.6 Å². The van der Waals surface area contributed by atoms with Crippen molar-refractivity contribution in [3.63, 3.8) is 0 Å². The highest BCUT2D eigenvalue weighted by Crippen LogP contribution is 2.34. The van der Waals surface area contributed by atoms with Crippen LogP contribution in [-0.4, -0.2) is 67.0 Å². The number of piperazine rings is 1. The largest absolute Gasteiger partial charge is 0.361 e. The molecule has 1 saturated heterocycles. The number of rotatable bonds is 3. The maximum Gasteiger partial charge on any atom is 0.311 e. The number of hydrogen-bond acceptors (Lipinski definition) is 6. The quantitative estimate of drug-likeness (QED) is 0.733. The van der Waals surface area contributed by atoms with Crippen LogP contribution in [0.15, 0.2) is 24.3 Å². The normalized spacial score (nSPS) is 20.5. The van der Waals surface area contributed by atoms with E-state index < -0.39 is 10.1 Å². The van der Waals surface area contributed by atoms with Crippen molar-refractivity contribution in [2.24, 2.45) is 0 Å². The monoisotopic (exact) mass is 396 g/mol. The summed E-state index contributed by atoms with van der Waals surface area (Å²) in [6.45, 7) is 4.63. The molecule has 2 aliphatic rings. The van der Waals surface area contributed by atoms with Crippen molar-refractivity contribution in [2.75, 3.05) is 39.0 Å². The third kappa shape index (κ3) is 3.46. The van der Waals surface area contributed by atoms with E-state index >= 15 is 0 Å². The standard InChI is InChI=1S/C17H21ClN4O3S/c1-20-7-9-21(10-8-20)12-15-13-6-11-26(23,24)25-17(13)22(19-15)16-5-3-2-4-14(16)18/h2-5H,6-12H2,1H3.